The van der Waals surface area contributed by atoms with Crippen molar-refractivity contribution in [3.63, 3.8) is 0 Å². The summed E-state index contributed by atoms with van der Waals surface area (Å²) >= 11 is 5.84. The van der Waals surface area contributed by atoms with Gasteiger partial charge in [0.15, 0.2) is 17.4 Å². The van der Waals surface area contributed by atoms with Crippen LogP contribution in [0.4, 0.5) is 10.2 Å². The van der Waals surface area contributed by atoms with Crippen molar-refractivity contribution in [1.29, 1.82) is 0 Å². The second kappa shape index (κ2) is 7.14. The number of rotatable bonds is 4. The quantitative estimate of drug-likeness (QED) is 0.846. The Morgan fingerprint density at radius 3 is 2.71 bits per heavy atom. The van der Waals surface area contributed by atoms with Crippen molar-refractivity contribution in [2.24, 2.45) is 5.18 Å². The van der Waals surface area contributed by atoms with E-state index in [0.717, 1.165) is 0 Å². The van der Waals surface area contributed by atoms with Gasteiger partial charge >= 0.3 is 5.91 Å². The summed E-state index contributed by atoms with van der Waals surface area (Å²) in [4.78, 5) is 30.2. The molecule has 24 heavy (non-hydrogen) atoms. The molecule has 7 nitrogen and oxygen atoms in total. The molecule has 0 atom stereocenters. The van der Waals surface area contributed by atoms with Gasteiger partial charge in [0.2, 0.25) is 0 Å². The van der Waals surface area contributed by atoms with Gasteiger partial charge in [0.05, 0.1) is 17.7 Å². The van der Waals surface area contributed by atoms with Crippen LogP contribution in [0.15, 0.2) is 23.4 Å². The Morgan fingerprint density at radius 2 is 2.12 bits per heavy atom. The number of carbonyl (C=O) groups excluding carboxylic acids is 1. The standard InChI is InChI=1S/C15H12ClFN4O3/c1-3-4-8-11(15(22)21-23)19-14(20-13(8)18)7-5-6-9(16)12(24-2)10(7)17/h3-6H,1-2H3,(H2,18,19,20)/b4-3-. The van der Waals surface area contributed by atoms with E-state index in [2.05, 4.69) is 15.1 Å². The van der Waals surface area contributed by atoms with E-state index >= 15 is 0 Å². The number of nitrogen functional groups attached to an aromatic ring is 1. The third-order valence-corrected chi connectivity index (χ3v) is 3.39. The molecule has 1 aromatic heterocycles. The van der Waals surface area contributed by atoms with Crippen LogP contribution < -0.4 is 10.5 Å². The Kier molecular flexibility index (Phi) is 5.20. The number of aromatic nitrogens is 2. The van der Waals surface area contributed by atoms with Crippen molar-refractivity contribution in [3.8, 4) is 17.1 Å². The minimum absolute atomic E-state index is 0.0584. The average molecular weight is 351 g/mol. The lowest BCUT2D eigenvalue weighted by Gasteiger charge is -2.11. The highest BCUT2D eigenvalue weighted by Crippen LogP contribution is 2.34. The summed E-state index contributed by atoms with van der Waals surface area (Å²) in [6, 6.07) is 2.70. The fourth-order valence-corrected chi connectivity index (χ4v) is 2.26. The average Bonchev–Trinajstić information content (AvgIpc) is 2.56. The zero-order chi connectivity index (χ0) is 17.9. The fourth-order valence-electron chi connectivity index (χ4n) is 2.04. The zero-order valence-electron chi connectivity index (χ0n) is 12.7. The second-order valence-electron chi connectivity index (χ2n) is 4.53. The maximum Gasteiger partial charge on any atom is 0.335 e. The Balaban J connectivity index is 2.75. The molecule has 0 bridgehead atoms. The van der Waals surface area contributed by atoms with E-state index in [1.165, 1.54) is 25.3 Å². The monoisotopic (exact) mass is 350 g/mol. The van der Waals surface area contributed by atoms with Crippen LogP contribution in [0.25, 0.3) is 17.5 Å². The lowest BCUT2D eigenvalue weighted by molar-refractivity contribution is 0.0996. The number of carbonyl (C=O) groups is 1. The Bertz CT molecular complexity index is 855. The molecule has 0 radical (unpaired) electrons. The van der Waals surface area contributed by atoms with E-state index in [1.807, 2.05) is 0 Å². The number of hydrogen-bond donors (Lipinski definition) is 1. The zero-order valence-corrected chi connectivity index (χ0v) is 13.5. The Labute approximate surface area is 141 Å². The van der Waals surface area contributed by atoms with E-state index < -0.39 is 11.7 Å². The summed E-state index contributed by atoms with van der Waals surface area (Å²) in [5.41, 5.74) is 5.53. The van der Waals surface area contributed by atoms with Crippen LogP contribution in [0.5, 0.6) is 5.75 Å². The predicted molar refractivity (Wildman–Crippen MR) is 88.2 cm³/mol. The van der Waals surface area contributed by atoms with Crippen LogP contribution >= 0.6 is 11.6 Å². The van der Waals surface area contributed by atoms with Crippen molar-refractivity contribution < 1.29 is 13.9 Å². The van der Waals surface area contributed by atoms with Crippen molar-refractivity contribution in [2.75, 3.05) is 12.8 Å². The lowest BCUT2D eigenvalue weighted by atomic mass is 10.1. The smallest absolute Gasteiger partial charge is 0.335 e. The minimum atomic E-state index is -1.14. The van der Waals surface area contributed by atoms with Crippen molar-refractivity contribution in [1.82, 2.24) is 9.97 Å². The maximum absolute atomic E-state index is 14.5. The van der Waals surface area contributed by atoms with Gasteiger partial charge in [0.25, 0.3) is 0 Å². The van der Waals surface area contributed by atoms with Gasteiger partial charge in [-0.2, -0.15) is 0 Å². The maximum atomic E-state index is 14.5. The van der Waals surface area contributed by atoms with Crippen molar-refractivity contribution in [3.05, 3.63) is 45.2 Å². The van der Waals surface area contributed by atoms with Gasteiger partial charge in [-0.15, -0.1) is 4.91 Å². The molecule has 0 unspecified atom stereocenters. The van der Waals surface area contributed by atoms with E-state index in [1.54, 1.807) is 13.0 Å². The molecule has 0 aliphatic rings. The molecular weight excluding hydrogens is 339 g/mol. The number of amides is 1. The third-order valence-electron chi connectivity index (χ3n) is 3.09. The van der Waals surface area contributed by atoms with Gasteiger partial charge in [-0.1, -0.05) is 23.8 Å². The normalized spacial score (nSPS) is 10.8. The number of benzene rings is 1. The van der Waals surface area contributed by atoms with Gasteiger partial charge in [-0.05, 0) is 19.1 Å². The molecule has 1 amide bonds. The molecule has 124 valence electrons. The molecule has 0 fully saturated rings. The fraction of sp³-hybridized carbons (Fsp3) is 0.133. The summed E-state index contributed by atoms with van der Waals surface area (Å²) in [7, 11) is 1.25. The van der Waals surface area contributed by atoms with Gasteiger partial charge in [0.1, 0.15) is 11.5 Å². The van der Waals surface area contributed by atoms with Crippen LogP contribution in [0.1, 0.15) is 23.0 Å². The number of ether oxygens (including phenoxy) is 1. The molecule has 1 aromatic carbocycles. The first-order valence-electron chi connectivity index (χ1n) is 6.64. The predicted octanol–water partition coefficient (Wildman–Crippen LogP) is 3.47. The van der Waals surface area contributed by atoms with E-state index in [-0.39, 0.29) is 39.2 Å². The summed E-state index contributed by atoms with van der Waals surface area (Å²) in [5, 5.41) is 2.40. The molecule has 9 heteroatoms. The largest absolute Gasteiger partial charge is 0.492 e. The first-order chi connectivity index (χ1) is 11.4. The van der Waals surface area contributed by atoms with Crippen LogP contribution in [-0.4, -0.2) is 23.0 Å². The summed E-state index contributed by atoms with van der Waals surface area (Å²) in [6.45, 7) is 1.68. The van der Waals surface area contributed by atoms with Crippen LogP contribution in [0.3, 0.4) is 0 Å². The number of nitrogens with zero attached hydrogens (tertiary/aromatic N) is 3. The number of halogens is 2. The van der Waals surface area contributed by atoms with Crippen LogP contribution in [0.2, 0.25) is 5.02 Å². The topological polar surface area (TPSA) is 108 Å². The molecule has 0 aliphatic heterocycles. The van der Waals surface area contributed by atoms with Crippen molar-refractivity contribution >= 4 is 29.4 Å². The molecule has 2 rings (SSSR count). The first kappa shape index (κ1) is 17.5. The number of methoxy groups -OCH3 is 1. The number of hydrogen-bond acceptors (Lipinski definition) is 6. The molecule has 2 aromatic rings. The highest BCUT2D eigenvalue weighted by atomic mass is 35.5. The van der Waals surface area contributed by atoms with Gasteiger partial charge < -0.3 is 10.5 Å². The molecule has 0 aliphatic carbocycles. The van der Waals surface area contributed by atoms with Crippen LogP contribution in [0, 0.1) is 10.7 Å². The molecule has 1 heterocycles. The van der Waals surface area contributed by atoms with Gasteiger partial charge in [-0.3, -0.25) is 4.79 Å². The van der Waals surface area contributed by atoms with Gasteiger partial charge in [0, 0.05) is 10.7 Å². The Morgan fingerprint density at radius 1 is 1.42 bits per heavy atom. The molecule has 2 N–H and O–H groups in total. The third kappa shape index (κ3) is 3.09. The molecule has 0 saturated heterocycles. The number of anilines is 1. The number of nitrogens with two attached hydrogens (primary N) is 1. The summed E-state index contributed by atoms with van der Waals surface area (Å²) in [6.07, 6.45) is 3.04. The van der Waals surface area contributed by atoms with Gasteiger partial charge in [-0.25, -0.2) is 14.4 Å². The van der Waals surface area contributed by atoms with E-state index in [9.17, 15) is 14.1 Å². The Hall–Kier alpha value is -2.87. The van der Waals surface area contributed by atoms with E-state index in [4.69, 9.17) is 22.1 Å². The molecule has 0 spiro atoms. The number of nitroso groups, excluding NO2 is 1. The minimum Gasteiger partial charge on any atom is -0.492 e. The van der Waals surface area contributed by atoms with E-state index in [0.29, 0.717) is 0 Å². The molecular formula is C15H12ClFN4O3. The molecule has 0 saturated carbocycles. The first-order valence-corrected chi connectivity index (χ1v) is 7.02. The highest BCUT2D eigenvalue weighted by Gasteiger charge is 2.22. The highest BCUT2D eigenvalue weighted by molar-refractivity contribution is 6.32. The van der Waals surface area contributed by atoms with Crippen molar-refractivity contribution in [2.45, 2.75) is 6.92 Å². The number of allylic oxidation sites excluding steroid dienone is 1. The van der Waals surface area contributed by atoms with Crippen LogP contribution in [-0.2, 0) is 0 Å². The SMILES string of the molecule is C/C=C\c1c(N)nc(-c2ccc(Cl)c(OC)c2F)nc1C(=O)N=O. The summed E-state index contributed by atoms with van der Waals surface area (Å²) < 4.78 is 19.4. The lowest BCUT2D eigenvalue weighted by Crippen LogP contribution is -2.09. The summed E-state index contributed by atoms with van der Waals surface area (Å²) in [5.74, 6) is -2.45. The second-order valence-corrected chi connectivity index (χ2v) is 4.94.